The Morgan fingerprint density at radius 1 is 1.12 bits per heavy atom. The van der Waals surface area contributed by atoms with E-state index < -0.39 is 29.7 Å². The quantitative estimate of drug-likeness (QED) is 0.302. The van der Waals surface area contributed by atoms with E-state index in [-0.39, 0.29) is 11.7 Å². The van der Waals surface area contributed by atoms with Crippen molar-refractivity contribution in [2.45, 2.75) is 24.5 Å². The van der Waals surface area contributed by atoms with Gasteiger partial charge in [0, 0.05) is 38.4 Å². The Bertz CT molecular complexity index is 1020. The van der Waals surface area contributed by atoms with Gasteiger partial charge in [-0.1, -0.05) is 48.5 Å². The Morgan fingerprint density at radius 3 is 2.39 bits per heavy atom. The Kier molecular flexibility index (Phi) is 7.97. The number of carbonyl (C=O) groups is 3. The third-order valence-corrected chi connectivity index (χ3v) is 5.91. The fraction of sp³-hybridized carbons (Fsp3) is 0.320. The Morgan fingerprint density at radius 2 is 1.79 bits per heavy atom. The number of para-hydroxylation sites is 1. The predicted molar refractivity (Wildman–Crippen MR) is 124 cm³/mol. The number of allylic oxidation sites excluding steroid dienone is 1. The number of hydrogen-bond acceptors (Lipinski definition) is 6. The van der Waals surface area contributed by atoms with Gasteiger partial charge < -0.3 is 20.8 Å². The number of anilines is 1. The van der Waals surface area contributed by atoms with Crippen molar-refractivity contribution in [3.63, 3.8) is 0 Å². The SMILES string of the molecule is CN(C(=O)C(C(=O)/C=C\C(=O)O)c1ccccc1N)[C@H](CN1CC[C@@H](O)C1)c1ccccc1. The van der Waals surface area contributed by atoms with E-state index >= 15 is 0 Å². The fourth-order valence-corrected chi connectivity index (χ4v) is 4.14. The molecule has 3 atom stereocenters. The number of likely N-dealkylation sites (tertiary alicyclic amines) is 1. The topological polar surface area (TPSA) is 124 Å². The summed E-state index contributed by atoms with van der Waals surface area (Å²) in [4.78, 5) is 41.3. The molecule has 174 valence electrons. The molecule has 0 aromatic heterocycles. The molecule has 33 heavy (non-hydrogen) atoms. The second kappa shape index (κ2) is 10.9. The summed E-state index contributed by atoms with van der Waals surface area (Å²) in [6.45, 7) is 1.71. The maximum absolute atomic E-state index is 13.7. The van der Waals surface area contributed by atoms with Crippen molar-refractivity contribution in [2.24, 2.45) is 0 Å². The van der Waals surface area contributed by atoms with Crippen molar-refractivity contribution in [3.05, 3.63) is 77.9 Å². The first-order valence-electron chi connectivity index (χ1n) is 10.8. The number of carboxylic acid groups (broad SMARTS) is 1. The molecule has 3 rings (SSSR count). The van der Waals surface area contributed by atoms with Crippen LogP contribution in [0.15, 0.2) is 66.7 Å². The molecule has 4 N–H and O–H groups in total. The van der Waals surface area contributed by atoms with Crippen molar-refractivity contribution in [1.82, 2.24) is 9.80 Å². The normalized spacial score (nSPS) is 18.2. The number of likely N-dealkylation sites (N-methyl/N-ethyl adjacent to an activating group) is 1. The number of ketones is 1. The van der Waals surface area contributed by atoms with Gasteiger partial charge in [-0.2, -0.15) is 0 Å². The highest BCUT2D eigenvalue weighted by molar-refractivity contribution is 6.13. The van der Waals surface area contributed by atoms with Gasteiger partial charge in [0.25, 0.3) is 0 Å². The van der Waals surface area contributed by atoms with Crippen LogP contribution in [0.3, 0.4) is 0 Å². The van der Waals surface area contributed by atoms with Crippen LogP contribution in [0.4, 0.5) is 5.69 Å². The third-order valence-electron chi connectivity index (χ3n) is 5.91. The number of carboxylic acids is 1. The summed E-state index contributed by atoms with van der Waals surface area (Å²) in [7, 11) is 1.63. The zero-order valence-corrected chi connectivity index (χ0v) is 18.5. The van der Waals surface area contributed by atoms with E-state index in [0.29, 0.717) is 31.6 Å². The lowest BCUT2D eigenvalue weighted by Crippen LogP contribution is -2.42. The molecule has 1 amide bonds. The van der Waals surface area contributed by atoms with Crippen LogP contribution in [0.1, 0.15) is 29.5 Å². The summed E-state index contributed by atoms with van der Waals surface area (Å²) >= 11 is 0. The van der Waals surface area contributed by atoms with Gasteiger partial charge in [0.05, 0.1) is 12.1 Å². The summed E-state index contributed by atoms with van der Waals surface area (Å²) in [6, 6.07) is 15.7. The van der Waals surface area contributed by atoms with Gasteiger partial charge in [-0.25, -0.2) is 4.79 Å². The largest absolute Gasteiger partial charge is 0.478 e. The minimum atomic E-state index is -1.28. The van der Waals surface area contributed by atoms with Crippen LogP contribution >= 0.6 is 0 Å². The molecule has 1 saturated heterocycles. The standard InChI is InChI=1S/C25H29N3O5/c1-27(21(17-7-3-2-4-8-17)16-28-14-13-18(29)15-28)25(33)24(22(30)11-12-23(31)32)19-9-5-6-10-20(19)26/h2-12,18,21,24,29H,13-16,26H2,1H3,(H,31,32)/b12-11-/t18-,21-,24?/m1/s1. The van der Waals surface area contributed by atoms with Crippen molar-refractivity contribution < 1.29 is 24.6 Å². The molecule has 2 aromatic carbocycles. The number of nitrogens with zero attached hydrogens (tertiary/aromatic N) is 2. The highest BCUT2D eigenvalue weighted by Gasteiger charge is 2.35. The summed E-state index contributed by atoms with van der Waals surface area (Å²) in [6.07, 6.45) is 1.89. The van der Waals surface area contributed by atoms with Crippen molar-refractivity contribution in [3.8, 4) is 0 Å². The molecule has 0 radical (unpaired) electrons. The number of carbonyl (C=O) groups excluding carboxylic acids is 2. The van der Waals surface area contributed by atoms with E-state index in [9.17, 15) is 19.5 Å². The number of amides is 1. The van der Waals surface area contributed by atoms with Gasteiger partial charge in [-0.3, -0.25) is 14.5 Å². The Balaban J connectivity index is 1.96. The van der Waals surface area contributed by atoms with E-state index in [2.05, 4.69) is 4.90 Å². The minimum absolute atomic E-state index is 0.278. The molecule has 8 heteroatoms. The number of nitrogen functional groups attached to an aromatic ring is 1. The Hall–Kier alpha value is -3.49. The molecule has 0 aliphatic carbocycles. The number of β-amino-alcohol motifs (C(OH)–C–C–N with tert-alkyl or cyclic N) is 1. The summed E-state index contributed by atoms with van der Waals surface area (Å²) in [5.74, 6) is -3.70. The number of nitrogens with two attached hydrogens (primary N) is 1. The van der Waals surface area contributed by atoms with E-state index in [1.807, 2.05) is 30.3 Å². The van der Waals surface area contributed by atoms with E-state index in [4.69, 9.17) is 10.8 Å². The van der Waals surface area contributed by atoms with E-state index in [0.717, 1.165) is 17.7 Å². The predicted octanol–water partition coefficient (Wildman–Crippen LogP) is 1.83. The summed E-state index contributed by atoms with van der Waals surface area (Å²) < 4.78 is 0. The summed E-state index contributed by atoms with van der Waals surface area (Å²) in [5.41, 5.74) is 7.59. The molecule has 1 aliphatic rings. The van der Waals surface area contributed by atoms with Crippen LogP contribution in [0.5, 0.6) is 0 Å². The van der Waals surface area contributed by atoms with Gasteiger partial charge in [-0.15, -0.1) is 0 Å². The third kappa shape index (κ3) is 6.06. The van der Waals surface area contributed by atoms with Crippen LogP contribution in [0, 0.1) is 0 Å². The molecule has 8 nitrogen and oxygen atoms in total. The minimum Gasteiger partial charge on any atom is -0.478 e. The molecule has 1 aliphatic heterocycles. The zero-order valence-electron chi connectivity index (χ0n) is 18.5. The van der Waals surface area contributed by atoms with E-state index in [1.165, 1.54) is 4.90 Å². The second-order valence-electron chi connectivity index (χ2n) is 8.21. The number of benzene rings is 2. The number of hydrogen-bond donors (Lipinski definition) is 3. The lowest BCUT2D eigenvalue weighted by molar-refractivity contribution is -0.138. The van der Waals surface area contributed by atoms with Crippen LogP contribution in [-0.4, -0.2) is 70.5 Å². The average molecular weight is 452 g/mol. The highest BCUT2D eigenvalue weighted by Crippen LogP contribution is 2.30. The first-order valence-corrected chi connectivity index (χ1v) is 10.8. The van der Waals surface area contributed by atoms with Gasteiger partial charge in [0.1, 0.15) is 5.92 Å². The molecule has 0 saturated carbocycles. The van der Waals surface area contributed by atoms with Crippen LogP contribution in [0.25, 0.3) is 0 Å². The Labute approximate surface area is 192 Å². The maximum atomic E-state index is 13.7. The van der Waals surface area contributed by atoms with Gasteiger partial charge in [-0.05, 0) is 29.7 Å². The lowest BCUT2D eigenvalue weighted by atomic mass is 9.90. The smallest absolute Gasteiger partial charge is 0.328 e. The molecule has 2 aromatic rings. The molecule has 1 fully saturated rings. The number of aliphatic carboxylic acids is 1. The second-order valence-corrected chi connectivity index (χ2v) is 8.21. The molecule has 1 heterocycles. The van der Waals surface area contributed by atoms with Gasteiger partial charge in [0.15, 0.2) is 5.78 Å². The first-order chi connectivity index (χ1) is 15.8. The van der Waals surface area contributed by atoms with Crippen LogP contribution < -0.4 is 5.73 Å². The number of rotatable bonds is 9. The molecular weight excluding hydrogens is 422 g/mol. The van der Waals surface area contributed by atoms with Crippen LogP contribution in [0.2, 0.25) is 0 Å². The molecule has 0 spiro atoms. The highest BCUT2D eigenvalue weighted by atomic mass is 16.4. The lowest BCUT2D eigenvalue weighted by Gasteiger charge is -2.34. The average Bonchev–Trinajstić information content (AvgIpc) is 3.22. The maximum Gasteiger partial charge on any atom is 0.328 e. The van der Waals surface area contributed by atoms with Crippen molar-refractivity contribution in [1.29, 1.82) is 0 Å². The summed E-state index contributed by atoms with van der Waals surface area (Å²) in [5, 5.41) is 18.9. The van der Waals surface area contributed by atoms with Crippen molar-refractivity contribution in [2.75, 3.05) is 32.4 Å². The van der Waals surface area contributed by atoms with Gasteiger partial charge >= 0.3 is 5.97 Å². The zero-order chi connectivity index (χ0) is 24.0. The number of aliphatic hydroxyl groups is 1. The molecule has 1 unspecified atom stereocenters. The molecule has 0 bridgehead atoms. The van der Waals surface area contributed by atoms with Crippen LogP contribution in [-0.2, 0) is 14.4 Å². The van der Waals surface area contributed by atoms with Crippen molar-refractivity contribution >= 4 is 23.3 Å². The van der Waals surface area contributed by atoms with Gasteiger partial charge in [0.2, 0.25) is 5.91 Å². The molecular formula is C25H29N3O5. The first kappa shape index (κ1) is 24.2. The van der Waals surface area contributed by atoms with E-state index in [1.54, 1.807) is 31.3 Å². The number of aliphatic hydroxyl groups excluding tert-OH is 1. The fourth-order valence-electron chi connectivity index (χ4n) is 4.14. The monoisotopic (exact) mass is 451 g/mol.